The van der Waals surface area contributed by atoms with E-state index >= 15 is 0 Å². The number of hydrogen-bond donors (Lipinski definition) is 0. The lowest BCUT2D eigenvalue weighted by atomic mass is 10.3. The lowest BCUT2D eigenvalue weighted by Crippen LogP contribution is -2.10. The molecule has 0 saturated heterocycles. The summed E-state index contributed by atoms with van der Waals surface area (Å²) in [6, 6.07) is 0.386. The third kappa shape index (κ3) is 3.94. The van der Waals surface area contributed by atoms with E-state index in [4.69, 9.17) is 4.74 Å². The molecule has 19 heavy (non-hydrogen) atoms. The van der Waals surface area contributed by atoms with Crippen molar-refractivity contribution in [3.63, 3.8) is 0 Å². The van der Waals surface area contributed by atoms with Gasteiger partial charge in [-0.25, -0.2) is 0 Å². The second-order valence-corrected chi connectivity index (χ2v) is 6.43. The fraction of sp³-hybridized carbons (Fsp3) is 0.333. The van der Waals surface area contributed by atoms with Crippen LogP contribution in [0.1, 0.15) is 13.8 Å². The third-order valence-electron chi connectivity index (χ3n) is 1.94. The van der Waals surface area contributed by atoms with Crippen molar-refractivity contribution in [2.24, 2.45) is 0 Å². The minimum Gasteiger partial charge on any atom is -0.484 e. The number of nitrogens with zero attached hydrogens (tertiary/aromatic N) is 1. The van der Waals surface area contributed by atoms with E-state index in [-0.39, 0.29) is 12.1 Å². The SMILES string of the molecule is CC(C)Oc1ccc(S(F)(F)(F)(F)F)cc1[N+](=O)[O-]. The molecule has 0 aromatic heterocycles. The van der Waals surface area contributed by atoms with Crippen molar-refractivity contribution in [1.29, 1.82) is 0 Å². The van der Waals surface area contributed by atoms with Gasteiger partial charge in [-0.1, -0.05) is 19.4 Å². The van der Waals surface area contributed by atoms with Gasteiger partial charge in [-0.3, -0.25) is 10.1 Å². The molecule has 0 aliphatic carbocycles. The quantitative estimate of drug-likeness (QED) is 0.445. The van der Waals surface area contributed by atoms with Crippen molar-refractivity contribution in [2.45, 2.75) is 24.8 Å². The predicted octanol–water partition coefficient (Wildman–Crippen LogP) is 5.04. The summed E-state index contributed by atoms with van der Waals surface area (Å²) in [5.41, 5.74) is -1.15. The molecule has 110 valence electrons. The average molecular weight is 307 g/mol. The summed E-state index contributed by atoms with van der Waals surface area (Å²) in [6.07, 6.45) is -0.551. The summed E-state index contributed by atoms with van der Waals surface area (Å²) in [5, 5.41) is 10.6. The maximum Gasteiger partial charge on any atom is 0.312 e. The first kappa shape index (κ1) is 15.5. The van der Waals surface area contributed by atoms with Crippen LogP contribution in [0, 0.1) is 10.1 Å². The summed E-state index contributed by atoms with van der Waals surface area (Å²) in [4.78, 5) is 7.10. The number of nitro benzene ring substituents is 1. The first-order chi connectivity index (χ1) is 8.20. The smallest absolute Gasteiger partial charge is 0.312 e. The van der Waals surface area contributed by atoms with Gasteiger partial charge in [0.2, 0.25) is 0 Å². The fourth-order valence-electron chi connectivity index (χ4n) is 1.23. The Hall–Kier alpha value is -1.58. The molecule has 0 aliphatic rings. The van der Waals surface area contributed by atoms with E-state index < -0.39 is 37.6 Å². The van der Waals surface area contributed by atoms with Crippen molar-refractivity contribution in [3.8, 4) is 5.75 Å². The van der Waals surface area contributed by atoms with Gasteiger partial charge in [0.25, 0.3) is 0 Å². The number of nitro groups is 1. The topological polar surface area (TPSA) is 52.4 Å². The Morgan fingerprint density at radius 2 is 1.74 bits per heavy atom. The van der Waals surface area contributed by atoms with Crippen LogP contribution < -0.4 is 4.74 Å². The van der Waals surface area contributed by atoms with Crippen molar-refractivity contribution in [2.75, 3.05) is 0 Å². The van der Waals surface area contributed by atoms with E-state index in [1.807, 2.05) is 0 Å². The summed E-state index contributed by atoms with van der Waals surface area (Å²) in [5.74, 6) is -0.495. The van der Waals surface area contributed by atoms with Crippen molar-refractivity contribution in [1.82, 2.24) is 0 Å². The Morgan fingerprint density at radius 1 is 1.21 bits per heavy atom. The maximum atomic E-state index is 12.5. The van der Waals surface area contributed by atoms with E-state index in [9.17, 15) is 29.5 Å². The van der Waals surface area contributed by atoms with Gasteiger partial charge in [-0.15, -0.1) is 0 Å². The predicted molar refractivity (Wildman–Crippen MR) is 60.3 cm³/mol. The molecule has 0 spiro atoms. The van der Waals surface area contributed by atoms with Crippen LogP contribution in [0.4, 0.5) is 25.1 Å². The molecule has 4 nitrogen and oxygen atoms in total. The fourth-order valence-corrected chi connectivity index (χ4v) is 1.89. The molecule has 1 aromatic rings. The zero-order chi connectivity index (χ0) is 15.1. The minimum atomic E-state index is -9.94. The van der Waals surface area contributed by atoms with E-state index in [1.54, 1.807) is 0 Å². The van der Waals surface area contributed by atoms with Crippen molar-refractivity contribution < 1.29 is 29.1 Å². The van der Waals surface area contributed by atoms with Gasteiger partial charge in [0, 0.05) is 6.07 Å². The van der Waals surface area contributed by atoms with E-state index in [0.717, 1.165) is 0 Å². The van der Waals surface area contributed by atoms with Crippen LogP contribution in [0.2, 0.25) is 0 Å². The molecule has 0 unspecified atom stereocenters. The number of halogens is 5. The van der Waals surface area contributed by atoms with Gasteiger partial charge >= 0.3 is 15.9 Å². The Morgan fingerprint density at radius 3 is 2.11 bits per heavy atom. The van der Waals surface area contributed by atoms with Crippen molar-refractivity contribution in [3.05, 3.63) is 28.3 Å². The standard InChI is InChI=1S/C9H10F5NO3S/c1-6(2)18-9-4-3-7(5-8(9)15(16)17)19(10,11,12,13)14/h3-6H,1-2H3. The van der Waals surface area contributed by atoms with Crippen LogP contribution in [0.15, 0.2) is 23.1 Å². The number of hydrogen-bond acceptors (Lipinski definition) is 3. The van der Waals surface area contributed by atoms with Crippen LogP contribution in [0.5, 0.6) is 5.75 Å². The van der Waals surface area contributed by atoms with E-state index in [0.29, 0.717) is 6.07 Å². The summed E-state index contributed by atoms with van der Waals surface area (Å²) >= 11 is 0. The highest BCUT2D eigenvalue weighted by atomic mass is 32.5. The lowest BCUT2D eigenvalue weighted by Gasteiger charge is -2.40. The van der Waals surface area contributed by atoms with Crippen LogP contribution in [0.3, 0.4) is 0 Å². The highest BCUT2D eigenvalue weighted by Crippen LogP contribution is 3.02. The van der Waals surface area contributed by atoms with Gasteiger partial charge in [-0.2, -0.15) is 0 Å². The van der Waals surface area contributed by atoms with Crippen LogP contribution in [0.25, 0.3) is 0 Å². The summed E-state index contributed by atoms with van der Waals surface area (Å²) < 4.78 is 67.5. The van der Waals surface area contributed by atoms with E-state index in [1.165, 1.54) is 13.8 Å². The number of ether oxygens (including phenoxy) is 1. The minimum absolute atomic E-state index is 0.0757. The molecule has 10 heteroatoms. The zero-order valence-corrected chi connectivity index (χ0v) is 10.6. The second-order valence-electron chi connectivity index (χ2n) is 4.02. The van der Waals surface area contributed by atoms with Crippen LogP contribution in [-0.2, 0) is 0 Å². The monoisotopic (exact) mass is 307 g/mol. The van der Waals surface area contributed by atoms with Gasteiger partial charge in [0.15, 0.2) is 5.75 Å². The van der Waals surface area contributed by atoms with E-state index in [2.05, 4.69) is 0 Å². The Labute approximate surface area is 105 Å². The largest absolute Gasteiger partial charge is 0.484 e. The summed E-state index contributed by atoms with van der Waals surface area (Å²) in [7, 11) is -9.94. The molecule has 0 N–H and O–H groups in total. The lowest BCUT2D eigenvalue weighted by molar-refractivity contribution is -0.386. The van der Waals surface area contributed by atoms with Gasteiger partial charge in [0.05, 0.1) is 11.0 Å². The normalized spacial score (nSPS) is 15.8. The molecule has 1 aromatic carbocycles. The third-order valence-corrected chi connectivity index (χ3v) is 3.08. The molecular formula is C9H10F5NO3S. The van der Waals surface area contributed by atoms with Gasteiger partial charge in [-0.05, 0) is 26.0 Å². The Bertz CT molecular complexity index is 528. The molecule has 0 saturated carbocycles. The molecule has 0 fully saturated rings. The maximum absolute atomic E-state index is 12.5. The highest BCUT2D eigenvalue weighted by Gasteiger charge is 2.66. The highest BCUT2D eigenvalue weighted by molar-refractivity contribution is 8.45. The average Bonchev–Trinajstić information content (AvgIpc) is 2.12. The zero-order valence-electron chi connectivity index (χ0n) is 9.78. The van der Waals surface area contributed by atoms with Crippen molar-refractivity contribution >= 4 is 15.9 Å². The molecule has 0 amide bonds. The second kappa shape index (κ2) is 3.71. The summed E-state index contributed by atoms with van der Waals surface area (Å²) in [6.45, 7) is 2.98. The Balaban J connectivity index is 3.46. The molecule has 0 atom stereocenters. The molecule has 1 rings (SSSR count). The van der Waals surface area contributed by atoms with Gasteiger partial charge in [0.1, 0.15) is 4.90 Å². The molecular weight excluding hydrogens is 297 g/mol. The Kier molecular flexibility index (Phi) is 3.03. The first-order valence-electron chi connectivity index (χ1n) is 4.90. The number of rotatable bonds is 4. The number of benzene rings is 1. The molecule has 0 heterocycles. The molecule has 0 radical (unpaired) electrons. The molecule has 0 bridgehead atoms. The van der Waals surface area contributed by atoms with Crippen LogP contribution in [-0.4, -0.2) is 11.0 Å². The first-order valence-corrected chi connectivity index (χ1v) is 6.85. The van der Waals surface area contributed by atoms with Crippen LogP contribution >= 0.6 is 10.2 Å². The van der Waals surface area contributed by atoms with Gasteiger partial charge < -0.3 is 4.74 Å². The molecule has 0 aliphatic heterocycles.